The molecule has 2 heterocycles. The normalized spacial score (nSPS) is 10.9. The number of nitrogens with two attached hydrogens (primary N) is 1. The van der Waals surface area contributed by atoms with Crippen molar-refractivity contribution in [1.82, 2.24) is 9.38 Å². The van der Waals surface area contributed by atoms with Crippen LogP contribution in [0, 0.1) is 6.92 Å². The van der Waals surface area contributed by atoms with Crippen LogP contribution in [0.2, 0.25) is 0 Å². The number of ether oxygens (including phenoxy) is 1. The highest BCUT2D eigenvalue weighted by molar-refractivity contribution is 7.15. The van der Waals surface area contributed by atoms with Crippen LogP contribution in [0.15, 0.2) is 36.0 Å². The highest BCUT2D eigenvalue weighted by Crippen LogP contribution is 2.26. The van der Waals surface area contributed by atoms with Crippen LogP contribution in [0.3, 0.4) is 0 Å². The molecule has 0 amide bonds. The molecule has 0 saturated carbocycles. The summed E-state index contributed by atoms with van der Waals surface area (Å²) >= 11 is 1.61. The summed E-state index contributed by atoms with van der Waals surface area (Å²) in [5, 5.41) is 2.01. The molecule has 92 valence electrons. The van der Waals surface area contributed by atoms with Gasteiger partial charge < -0.3 is 10.5 Å². The molecule has 2 aromatic heterocycles. The Labute approximate surface area is 109 Å². The standard InChI is InChI=1S/C13H13N3OS/c1-9-3-2-4-11(14)12(9)17-8-10-7-16-5-6-18-13(16)15-10/h2-7H,8,14H2,1H3. The van der Waals surface area contributed by atoms with E-state index >= 15 is 0 Å². The van der Waals surface area contributed by atoms with Crippen molar-refractivity contribution in [1.29, 1.82) is 0 Å². The number of hydrogen-bond donors (Lipinski definition) is 1. The lowest BCUT2D eigenvalue weighted by Crippen LogP contribution is -2.00. The van der Waals surface area contributed by atoms with E-state index in [9.17, 15) is 0 Å². The molecule has 5 heteroatoms. The van der Waals surface area contributed by atoms with Crippen LogP contribution in [0.25, 0.3) is 4.96 Å². The number of nitrogen functional groups attached to an aromatic ring is 1. The van der Waals surface area contributed by atoms with Crippen molar-refractivity contribution in [3.05, 3.63) is 47.2 Å². The summed E-state index contributed by atoms with van der Waals surface area (Å²) in [6.45, 7) is 2.42. The summed E-state index contributed by atoms with van der Waals surface area (Å²) < 4.78 is 7.75. The first-order chi connectivity index (χ1) is 8.74. The second-order valence-electron chi connectivity index (χ2n) is 4.11. The van der Waals surface area contributed by atoms with E-state index in [1.165, 1.54) is 0 Å². The van der Waals surface area contributed by atoms with Crippen molar-refractivity contribution >= 4 is 22.0 Å². The topological polar surface area (TPSA) is 52.5 Å². The maximum absolute atomic E-state index is 5.89. The quantitative estimate of drug-likeness (QED) is 0.736. The van der Waals surface area contributed by atoms with Crippen LogP contribution in [0.1, 0.15) is 11.3 Å². The average Bonchev–Trinajstić information content (AvgIpc) is 2.88. The lowest BCUT2D eigenvalue weighted by molar-refractivity contribution is 0.302. The number of fused-ring (bicyclic) bond motifs is 1. The average molecular weight is 259 g/mol. The third kappa shape index (κ3) is 1.93. The number of anilines is 1. The number of rotatable bonds is 3. The monoisotopic (exact) mass is 259 g/mol. The third-order valence-electron chi connectivity index (χ3n) is 2.75. The van der Waals surface area contributed by atoms with Crippen molar-refractivity contribution in [3.63, 3.8) is 0 Å². The largest absolute Gasteiger partial charge is 0.485 e. The van der Waals surface area contributed by atoms with Gasteiger partial charge in [0.15, 0.2) is 4.96 Å². The first kappa shape index (κ1) is 11.1. The molecular formula is C13H13N3OS. The fourth-order valence-corrected chi connectivity index (χ4v) is 2.58. The highest BCUT2D eigenvalue weighted by atomic mass is 32.1. The van der Waals surface area contributed by atoms with Crippen molar-refractivity contribution in [2.45, 2.75) is 13.5 Å². The molecule has 0 aliphatic rings. The second kappa shape index (κ2) is 4.34. The number of para-hydroxylation sites is 1. The molecule has 0 fully saturated rings. The number of benzene rings is 1. The summed E-state index contributed by atoms with van der Waals surface area (Å²) in [6.07, 6.45) is 3.96. The first-order valence-electron chi connectivity index (χ1n) is 5.63. The van der Waals surface area contributed by atoms with E-state index in [0.717, 1.165) is 22.0 Å². The van der Waals surface area contributed by atoms with E-state index in [-0.39, 0.29) is 0 Å². The number of aryl methyl sites for hydroxylation is 1. The SMILES string of the molecule is Cc1cccc(N)c1OCc1cn2ccsc2n1. The van der Waals surface area contributed by atoms with Gasteiger partial charge in [-0.15, -0.1) is 11.3 Å². The number of imidazole rings is 1. The highest BCUT2D eigenvalue weighted by Gasteiger charge is 2.07. The van der Waals surface area contributed by atoms with Crippen LogP contribution in [0.5, 0.6) is 5.75 Å². The Kier molecular flexibility index (Phi) is 2.68. The molecule has 3 rings (SSSR count). The molecule has 18 heavy (non-hydrogen) atoms. The van der Waals surface area contributed by atoms with Gasteiger partial charge in [-0.1, -0.05) is 12.1 Å². The molecular weight excluding hydrogens is 246 g/mol. The lowest BCUT2D eigenvalue weighted by atomic mass is 10.2. The predicted octanol–water partition coefficient (Wildman–Crippen LogP) is 2.87. The third-order valence-corrected chi connectivity index (χ3v) is 3.52. The maximum Gasteiger partial charge on any atom is 0.193 e. The molecule has 0 saturated heterocycles. The Morgan fingerprint density at radius 3 is 3.11 bits per heavy atom. The van der Waals surface area contributed by atoms with Gasteiger partial charge >= 0.3 is 0 Å². The van der Waals surface area contributed by atoms with Crippen LogP contribution in [0.4, 0.5) is 5.69 Å². The minimum absolute atomic E-state index is 0.434. The van der Waals surface area contributed by atoms with Gasteiger partial charge in [-0.2, -0.15) is 0 Å². The van der Waals surface area contributed by atoms with Gasteiger partial charge in [0.2, 0.25) is 0 Å². The molecule has 0 atom stereocenters. The number of aromatic nitrogens is 2. The van der Waals surface area contributed by atoms with Gasteiger partial charge in [-0.05, 0) is 18.6 Å². The number of hydrogen-bond acceptors (Lipinski definition) is 4. The minimum atomic E-state index is 0.434. The second-order valence-corrected chi connectivity index (χ2v) is 4.98. The van der Waals surface area contributed by atoms with Gasteiger partial charge in [-0.3, -0.25) is 4.40 Å². The maximum atomic E-state index is 5.89. The summed E-state index contributed by atoms with van der Waals surface area (Å²) in [6, 6.07) is 5.75. The van der Waals surface area contributed by atoms with E-state index in [1.807, 2.05) is 47.3 Å². The zero-order valence-corrected chi connectivity index (χ0v) is 10.8. The molecule has 0 aliphatic heterocycles. The molecule has 3 aromatic rings. The van der Waals surface area contributed by atoms with Gasteiger partial charge in [0.1, 0.15) is 12.4 Å². The van der Waals surface area contributed by atoms with Gasteiger partial charge in [0.05, 0.1) is 11.4 Å². The minimum Gasteiger partial charge on any atom is -0.485 e. The van der Waals surface area contributed by atoms with Crippen molar-refractivity contribution in [3.8, 4) is 5.75 Å². The summed E-state index contributed by atoms with van der Waals surface area (Å²) in [5.41, 5.74) is 8.50. The Bertz CT molecular complexity index is 638. The van der Waals surface area contributed by atoms with Gasteiger partial charge in [0, 0.05) is 17.8 Å². The smallest absolute Gasteiger partial charge is 0.193 e. The van der Waals surface area contributed by atoms with Crippen LogP contribution in [-0.4, -0.2) is 9.38 Å². The Morgan fingerprint density at radius 2 is 2.33 bits per heavy atom. The molecule has 0 unspecified atom stereocenters. The van der Waals surface area contributed by atoms with E-state index < -0.39 is 0 Å². The summed E-state index contributed by atoms with van der Waals surface area (Å²) in [4.78, 5) is 5.44. The predicted molar refractivity (Wildman–Crippen MR) is 73.0 cm³/mol. The summed E-state index contributed by atoms with van der Waals surface area (Å²) in [7, 11) is 0. The van der Waals surface area contributed by atoms with Crippen molar-refractivity contribution in [2.75, 3.05) is 5.73 Å². The Morgan fingerprint density at radius 1 is 1.44 bits per heavy atom. The van der Waals surface area contributed by atoms with Gasteiger partial charge in [0.25, 0.3) is 0 Å². The van der Waals surface area contributed by atoms with E-state index in [4.69, 9.17) is 10.5 Å². The van der Waals surface area contributed by atoms with Crippen LogP contribution < -0.4 is 10.5 Å². The Hall–Kier alpha value is -2.01. The molecule has 4 nitrogen and oxygen atoms in total. The zero-order valence-electron chi connectivity index (χ0n) is 9.96. The zero-order chi connectivity index (χ0) is 12.5. The van der Waals surface area contributed by atoms with Crippen LogP contribution >= 0.6 is 11.3 Å². The summed E-state index contributed by atoms with van der Waals surface area (Å²) in [5.74, 6) is 0.744. The molecule has 0 bridgehead atoms. The van der Waals surface area contributed by atoms with Crippen molar-refractivity contribution in [2.24, 2.45) is 0 Å². The molecule has 2 N–H and O–H groups in total. The first-order valence-corrected chi connectivity index (χ1v) is 6.51. The van der Waals surface area contributed by atoms with Crippen LogP contribution in [-0.2, 0) is 6.61 Å². The van der Waals surface area contributed by atoms with Crippen molar-refractivity contribution < 1.29 is 4.74 Å². The lowest BCUT2D eigenvalue weighted by Gasteiger charge is -2.10. The number of nitrogens with zero attached hydrogens (tertiary/aromatic N) is 2. The van der Waals surface area contributed by atoms with Gasteiger partial charge in [-0.25, -0.2) is 4.98 Å². The Balaban J connectivity index is 1.80. The fraction of sp³-hybridized carbons (Fsp3) is 0.154. The fourth-order valence-electron chi connectivity index (χ4n) is 1.86. The molecule has 0 radical (unpaired) electrons. The van der Waals surface area contributed by atoms with E-state index in [2.05, 4.69) is 4.98 Å². The molecule has 1 aromatic carbocycles. The molecule has 0 aliphatic carbocycles. The molecule has 0 spiro atoms. The van der Waals surface area contributed by atoms with E-state index in [0.29, 0.717) is 12.3 Å². The number of thiazole rings is 1. The van der Waals surface area contributed by atoms with E-state index in [1.54, 1.807) is 11.3 Å².